The van der Waals surface area contributed by atoms with Crippen LogP contribution in [0.3, 0.4) is 0 Å². The first-order valence-corrected chi connectivity index (χ1v) is 7.70. The first-order chi connectivity index (χ1) is 8.65. The first-order valence-electron chi connectivity index (χ1n) is 7.70. The number of hydrogen-bond acceptors (Lipinski definition) is 2. The molecule has 3 saturated carbocycles. The third kappa shape index (κ3) is 2.18. The lowest BCUT2D eigenvalue weighted by molar-refractivity contribution is -0.122. The Morgan fingerprint density at radius 2 is 2.06 bits per heavy atom. The van der Waals surface area contributed by atoms with Gasteiger partial charge in [-0.1, -0.05) is 6.42 Å². The highest BCUT2D eigenvalue weighted by Gasteiger charge is 2.53. The molecule has 1 amide bonds. The molecule has 2 bridgehead atoms. The molecule has 3 heteroatoms. The van der Waals surface area contributed by atoms with Crippen LogP contribution in [0.15, 0.2) is 0 Å². The van der Waals surface area contributed by atoms with Crippen LogP contribution in [0.1, 0.15) is 51.9 Å². The molecule has 3 N–H and O–H groups in total. The molecule has 18 heavy (non-hydrogen) atoms. The second-order valence-corrected chi connectivity index (χ2v) is 6.84. The molecule has 3 aliphatic carbocycles. The van der Waals surface area contributed by atoms with E-state index in [0.29, 0.717) is 12.5 Å². The molecule has 0 aromatic carbocycles. The lowest BCUT2D eigenvalue weighted by Crippen LogP contribution is -2.42. The zero-order valence-corrected chi connectivity index (χ0v) is 11.4. The van der Waals surface area contributed by atoms with Crippen molar-refractivity contribution < 1.29 is 4.79 Å². The molecule has 3 aliphatic rings. The van der Waals surface area contributed by atoms with Crippen LogP contribution in [0.5, 0.6) is 0 Å². The van der Waals surface area contributed by atoms with Gasteiger partial charge in [0.15, 0.2) is 0 Å². The molecule has 3 fully saturated rings. The zero-order chi connectivity index (χ0) is 12.7. The molecule has 0 aromatic rings. The van der Waals surface area contributed by atoms with Crippen LogP contribution in [0.4, 0.5) is 0 Å². The van der Waals surface area contributed by atoms with Crippen molar-refractivity contribution in [2.24, 2.45) is 29.4 Å². The molecule has 0 aromatic heterocycles. The number of fused-ring (bicyclic) bond motifs is 5. The van der Waals surface area contributed by atoms with Crippen molar-refractivity contribution in [3.8, 4) is 0 Å². The molecule has 0 heterocycles. The van der Waals surface area contributed by atoms with E-state index in [0.717, 1.165) is 30.1 Å². The largest absolute Gasteiger partial charge is 0.353 e. The Morgan fingerprint density at radius 1 is 1.28 bits per heavy atom. The van der Waals surface area contributed by atoms with Gasteiger partial charge in [-0.3, -0.25) is 4.79 Å². The van der Waals surface area contributed by atoms with E-state index >= 15 is 0 Å². The molecule has 0 saturated heterocycles. The number of nitrogens with one attached hydrogen (secondary N) is 1. The monoisotopic (exact) mass is 250 g/mol. The quantitative estimate of drug-likeness (QED) is 0.802. The molecule has 0 aliphatic heterocycles. The summed E-state index contributed by atoms with van der Waals surface area (Å²) >= 11 is 0. The fourth-order valence-electron chi connectivity index (χ4n) is 4.87. The number of amides is 1. The molecular formula is C15H26N2O. The van der Waals surface area contributed by atoms with E-state index in [1.165, 1.54) is 32.1 Å². The van der Waals surface area contributed by atoms with Crippen LogP contribution in [0, 0.1) is 23.7 Å². The molecule has 3 rings (SSSR count). The number of carbonyl (C=O) groups is 1. The van der Waals surface area contributed by atoms with Gasteiger partial charge in [0, 0.05) is 18.5 Å². The lowest BCUT2D eigenvalue weighted by Gasteiger charge is -2.32. The molecule has 102 valence electrons. The summed E-state index contributed by atoms with van der Waals surface area (Å²) < 4.78 is 0. The summed E-state index contributed by atoms with van der Waals surface area (Å²) in [6, 6.07) is 0.616. The van der Waals surface area contributed by atoms with Gasteiger partial charge >= 0.3 is 0 Å². The summed E-state index contributed by atoms with van der Waals surface area (Å²) in [5, 5.41) is 3.28. The van der Waals surface area contributed by atoms with Crippen molar-refractivity contribution in [1.82, 2.24) is 5.32 Å². The van der Waals surface area contributed by atoms with Crippen LogP contribution in [-0.2, 0) is 4.79 Å². The molecule has 6 atom stereocenters. The predicted octanol–water partition coefficient (Wildman–Crippen LogP) is 2.05. The molecular weight excluding hydrogens is 224 g/mol. The van der Waals surface area contributed by atoms with Crippen molar-refractivity contribution in [2.75, 3.05) is 0 Å². The molecule has 0 spiro atoms. The average Bonchev–Trinajstić information content (AvgIpc) is 2.97. The van der Waals surface area contributed by atoms with E-state index in [4.69, 9.17) is 5.73 Å². The molecule has 0 radical (unpaired) electrons. The second-order valence-electron chi connectivity index (χ2n) is 6.84. The van der Waals surface area contributed by atoms with Crippen molar-refractivity contribution >= 4 is 5.91 Å². The van der Waals surface area contributed by atoms with E-state index in [9.17, 15) is 4.79 Å². The van der Waals surface area contributed by atoms with E-state index in [-0.39, 0.29) is 11.9 Å². The van der Waals surface area contributed by atoms with Crippen molar-refractivity contribution in [2.45, 2.75) is 64.0 Å². The van der Waals surface area contributed by atoms with Crippen molar-refractivity contribution in [1.29, 1.82) is 0 Å². The fraction of sp³-hybridized carbons (Fsp3) is 0.933. The van der Waals surface area contributed by atoms with Crippen LogP contribution >= 0.6 is 0 Å². The van der Waals surface area contributed by atoms with Crippen molar-refractivity contribution in [3.05, 3.63) is 0 Å². The SMILES string of the molecule is CC(N)CCC(=O)NC1CC2CC1C1CCCC21. The second kappa shape index (κ2) is 4.84. The topological polar surface area (TPSA) is 55.1 Å². The third-order valence-electron chi connectivity index (χ3n) is 5.60. The van der Waals surface area contributed by atoms with Gasteiger partial charge in [0.25, 0.3) is 0 Å². The van der Waals surface area contributed by atoms with Gasteiger partial charge < -0.3 is 11.1 Å². The Balaban J connectivity index is 1.52. The maximum Gasteiger partial charge on any atom is 0.220 e. The first kappa shape index (κ1) is 12.5. The van der Waals surface area contributed by atoms with Gasteiger partial charge in [-0.05, 0) is 62.7 Å². The van der Waals surface area contributed by atoms with Crippen LogP contribution in [0.25, 0.3) is 0 Å². The summed E-state index contributed by atoms with van der Waals surface area (Å²) in [4.78, 5) is 11.9. The van der Waals surface area contributed by atoms with E-state index in [1.807, 2.05) is 6.92 Å². The Bertz CT molecular complexity index is 328. The van der Waals surface area contributed by atoms with Gasteiger partial charge in [-0.2, -0.15) is 0 Å². The number of carbonyl (C=O) groups excluding carboxylic acids is 1. The predicted molar refractivity (Wildman–Crippen MR) is 71.9 cm³/mol. The van der Waals surface area contributed by atoms with Gasteiger partial charge in [0.1, 0.15) is 0 Å². The summed E-state index contributed by atoms with van der Waals surface area (Å²) in [6.45, 7) is 1.97. The summed E-state index contributed by atoms with van der Waals surface area (Å²) in [5.74, 6) is 3.87. The van der Waals surface area contributed by atoms with Crippen LogP contribution < -0.4 is 11.1 Å². The van der Waals surface area contributed by atoms with Gasteiger partial charge in [-0.15, -0.1) is 0 Å². The Hall–Kier alpha value is -0.570. The molecule has 6 unspecified atom stereocenters. The maximum absolute atomic E-state index is 11.9. The Labute approximate surface area is 110 Å². The fourth-order valence-corrected chi connectivity index (χ4v) is 4.87. The van der Waals surface area contributed by atoms with Crippen molar-refractivity contribution in [3.63, 3.8) is 0 Å². The minimum atomic E-state index is 0.134. The summed E-state index contributed by atoms with van der Waals surface area (Å²) in [5.41, 5.74) is 5.70. The number of rotatable bonds is 4. The molecule has 3 nitrogen and oxygen atoms in total. The highest BCUT2D eigenvalue weighted by molar-refractivity contribution is 5.76. The summed E-state index contributed by atoms with van der Waals surface area (Å²) in [6.07, 6.45) is 8.32. The Kier molecular flexibility index (Phi) is 3.35. The normalized spacial score (nSPS) is 42.9. The van der Waals surface area contributed by atoms with Gasteiger partial charge in [0.2, 0.25) is 5.91 Å². The lowest BCUT2D eigenvalue weighted by atomic mass is 9.79. The minimum absolute atomic E-state index is 0.134. The zero-order valence-electron chi connectivity index (χ0n) is 11.4. The summed E-state index contributed by atoms with van der Waals surface area (Å²) in [7, 11) is 0. The number of hydrogen-bond donors (Lipinski definition) is 2. The van der Waals surface area contributed by atoms with Gasteiger partial charge in [0.05, 0.1) is 0 Å². The van der Waals surface area contributed by atoms with E-state index in [2.05, 4.69) is 5.32 Å². The van der Waals surface area contributed by atoms with E-state index in [1.54, 1.807) is 0 Å². The van der Waals surface area contributed by atoms with Crippen LogP contribution in [-0.4, -0.2) is 18.0 Å². The van der Waals surface area contributed by atoms with E-state index < -0.39 is 0 Å². The highest BCUT2D eigenvalue weighted by atomic mass is 16.1. The maximum atomic E-state index is 11.9. The smallest absolute Gasteiger partial charge is 0.220 e. The van der Waals surface area contributed by atoms with Gasteiger partial charge in [-0.25, -0.2) is 0 Å². The minimum Gasteiger partial charge on any atom is -0.353 e. The Morgan fingerprint density at radius 3 is 2.83 bits per heavy atom. The standard InChI is InChI=1S/C15H26N2O/c1-9(16)5-6-15(18)17-14-8-10-7-13(14)12-4-2-3-11(10)12/h9-14H,2-8,16H2,1H3,(H,17,18). The van der Waals surface area contributed by atoms with Crippen LogP contribution in [0.2, 0.25) is 0 Å². The average molecular weight is 250 g/mol. The number of nitrogens with two attached hydrogens (primary N) is 1. The highest BCUT2D eigenvalue weighted by Crippen LogP contribution is 2.58. The third-order valence-corrected chi connectivity index (χ3v) is 5.60.